The maximum atomic E-state index is 13.8. The van der Waals surface area contributed by atoms with E-state index in [1.165, 1.54) is 30.0 Å². The molecule has 0 spiro atoms. The van der Waals surface area contributed by atoms with Crippen LogP contribution in [0.3, 0.4) is 0 Å². The Morgan fingerprint density at radius 3 is 2.56 bits per heavy atom. The van der Waals surface area contributed by atoms with E-state index in [0.717, 1.165) is 16.9 Å². The molecule has 1 N–H and O–H groups in total. The van der Waals surface area contributed by atoms with Crippen LogP contribution in [0.4, 0.5) is 4.39 Å². The summed E-state index contributed by atoms with van der Waals surface area (Å²) < 4.78 is 44.1. The van der Waals surface area contributed by atoms with Gasteiger partial charge < -0.3 is 0 Å². The van der Waals surface area contributed by atoms with Crippen molar-refractivity contribution < 1.29 is 12.8 Å². The van der Waals surface area contributed by atoms with Crippen molar-refractivity contribution in [3.8, 4) is 0 Å². The number of halogens is 3. The molecule has 0 unspecified atom stereocenters. The number of rotatable bonds is 9. The predicted molar refractivity (Wildman–Crippen MR) is 139 cm³/mol. The van der Waals surface area contributed by atoms with Crippen LogP contribution in [0, 0.1) is 5.82 Å². The largest absolute Gasteiger partial charge is 0.308 e. The highest BCUT2D eigenvalue weighted by Gasteiger charge is 2.17. The van der Waals surface area contributed by atoms with Crippen molar-refractivity contribution >= 4 is 66.5 Å². The van der Waals surface area contributed by atoms with Crippen molar-refractivity contribution in [1.29, 1.82) is 0 Å². The molecule has 0 aliphatic heterocycles. The van der Waals surface area contributed by atoms with Crippen molar-refractivity contribution in [3.05, 3.63) is 97.3 Å². The molecule has 0 radical (unpaired) electrons. The SMILES string of the molecule is O=c1sc2cc(S(=O)(=O)NCCSCc3c(F)cccc3Cl)ccc2n1Cc1ccc(Cl)cc1. The topological polar surface area (TPSA) is 68.2 Å². The molecule has 4 aromatic rings. The fraction of sp³-hybridized carbons (Fsp3) is 0.174. The van der Waals surface area contributed by atoms with Crippen molar-refractivity contribution in [2.75, 3.05) is 12.3 Å². The molecule has 1 aromatic heterocycles. The Labute approximate surface area is 214 Å². The van der Waals surface area contributed by atoms with Gasteiger partial charge in [0.25, 0.3) is 0 Å². The maximum absolute atomic E-state index is 13.8. The molecule has 0 aliphatic carbocycles. The van der Waals surface area contributed by atoms with Gasteiger partial charge in [0, 0.05) is 33.7 Å². The maximum Gasteiger partial charge on any atom is 0.308 e. The van der Waals surface area contributed by atoms with Gasteiger partial charge in [-0.1, -0.05) is 52.7 Å². The molecule has 11 heteroatoms. The number of thioether (sulfide) groups is 1. The van der Waals surface area contributed by atoms with Gasteiger partial charge in [-0.05, 0) is 48.0 Å². The van der Waals surface area contributed by atoms with Crippen molar-refractivity contribution in [3.63, 3.8) is 0 Å². The Morgan fingerprint density at radius 2 is 1.82 bits per heavy atom. The lowest BCUT2D eigenvalue weighted by Crippen LogP contribution is -2.26. The third kappa shape index (κ3) is 5.84. The summed E-state index contributed by atoms with van der Waals surface area (Å²) in [4.78, 5) is 12.4. The normalized spacial score (nSPS) is 11.9. The molecule has 0 fully saturated rings. The second kappa shape index (κ2) is 10.8. The molecule has 3 aromatic carbocycles. The summed E-state index contributed by atoms with van der Waals surface area (Å²) >= 11 is 14.3. The van der Waals surface area contributed by atoms with Crippen LogP contribution in [0.2, 0.25) is 10.0 Å². The zero-order valence-corrected chi connectivity index (χ0v) is 21.6. The second-order valence-electron chi connectivity index (χ2n) is 7.36. The first kappa shape index (κ1) is 25.2. The van der Waals surface area contributed by atoms with Gasteiger partial charge in [0.05, 0.1) is 21.7 Å². The molecular formula is C23H19Cl2FN2O3S3. The monoisotopic (exact) mass is 556 g/mol. The third-order valence-corrected chi connectivity index (χ3v) is 9.04. The summed E-state index contributed by atoms with van der Waals surface area (Å²) in [6, 6.07) is 16.4. The molecule has 0 bridgehead atoms. The van der Waals surface area contributed by atoms with Crippen LogP contribution in [0.5, 0.6) is 0 Å². The van der Waals surface area contributed by atoms with E-state index in [0.29, 0.717) is 43.9 Å². The molecule has 0 atom stereocenters. The highest BCUT2D eigenvalue weighted by Crippen LogP contribution is 2.25. The number of hydrogen-bond donors (Lipinski definition) is 1. The Morgan fingerprint density at radius 1 is 1.06 bits per heavy atom. The number of aromatic nitrogens is 1. The molecule has 0 aliphatic rings. The molecule has 4 rings (SSSR count). The molecule has 34 heavy (non-hydrogen) atoms. The van der Waals surface area contributed by atoms with E-state index in [2.05, 4.69) is 4.72 Å². The number of benzene rings is 3. The van der Waals surface area contributed by atoms with Gasteiger partial charge in [-0.15, -0.1) is 0 Å². The summed E-state index contributed by atoms with van der Waals surface area (Å²) in [6.45, 7) is 0.536. The minimum absolute atomic E-state index is 0.0852. The molecule has 0 saturated carbocycles. The Kier molecular flexibility index (Phi) is 8.01. The Balaban J connectivity index is 1.41. The first-order valence-corrected chi connectivity index (χ1v) is 14.3. The molecule has 0 amide bonds. The lowest BCUT2D eigenvalue weighted by molar-refractivity contribution is 0.584. The van der Waals surface area contributed by atoms with Crippen LogP contribution in [-0.4, -0.2) is 25.3 Å². The average Bonchev–Trinajstić information content (AvgIpc) is 3.11. The van der Waals surface area contributed by atoms with Gasteiger partial charge >= 0.3 is 4.87 Å². The van der Waals surface area contributed by atoms with Crippen molar-refractivity contribution in [1.82, 2.24) is 9.29 Å². The molecular weight excluding hydrogens is 538 g/mol. The number of hydrogen-bond acceptors (Lipinski definition) is 5. The van der Waals surface area contributed by atoms with Gasteiger partial charge in [0.15, 0.2) is 0 Å². The van der Waals surface area contributed by atoms with Crippen molar-refractivity contribution in [2.24, 2.45) is 0 Å². The predicted octanol–water partition coefficient (Wildman–Crippen LogP) is 5.77. The van der Waals surface area contributed by atoms with Crippen molar-refractivity contribution in [2.45, 2.75) is 17.2 Å². The summed E-state index contributed by atoms with van der Waals surface area (Å²) in [5.41, 5.74) is 1.99. The van der Waals surface area contributed by atoms with E-state index < -0.39 is 10.0 Å². The lowest BCUT2D eigenvalue weighted by Gasteiger charge is -2.09. The molecule has 178 valence electrons. The van der Waals surface area contributed by atoms with Gasteiger partial charge in [0.1, 0.15) is 5.82 Å². The minimum Gasteiger partial charge on any atom is -0.294 e. The number of nitrogens with zero attached hydrogens (tertiary/aromatic N) is 1. The Bertz CT molecular complexity index is 1470. The zero-order chi connectivity index (χ0) is 24.3. The van der Waals surface area contributed by atoms with Crippen LogP contribution in [0.1, 0.15) is 11.1 Å². The van der Waals surface area contributed by atoms with E-state index in [1.807, 2.05) is 12.1 Å². The standard InChI is InChI=1S/C23H19Cl2FN2O3S3/c24-16-6-4-15(5-7-16)13-28-21-9-8-17(12-22(21)33-23(28)29)34(30,31)27-10-11-32-14-18-19(25)2-1-3-20(18)26/h1-9,12,27H,10-11,13-14H2. The third-order valence-electron chi connectivity index (χ3n) is 5.05. The minimum atomic E-state index is -3.76. The first-order valence-electron chi connectivity index (χ1n) is 10.1. The van der Waals surface area contributed by atoms with Crippen LogP contribution in [0.25, 0.3) is 10.2 Å². The second-order valence-corrected chi connectivity index (χ2v) is 12.1. The van der Waals surface area contributed by atoms with E-state index >= 15 is 0 Å². The van der Waals surface area contributed by atoms with Crippen LogP contribution in [0.15, 0.2) is 70.4 Å². The first-order chi connectivity index (χ1) is 16.2. The zero-order valence-electron chi connectivity index (χ0n) is 17.6. The van der Waals surface area contributed by atoms with Gasteiger partial charge in [-0.2, -0.15) is 11.8 Å². The van der Waals surface area contributed by atoms with Crippen LogP contribution < -0.4 is 9.60 Å². The quantitative estimate of drug-likeness (QED) is 0.266. The summed E-state index contributed by atoms with van der Waals surface area (Å²) in [5.74, 6) is 0.404. The van der Waals surface area contributed by atoms with Gasteiger partial charge in [-0.3, -0.25) is 9.36 Å². The number of thiazole rings is 1. The summed E-state index contributed by atoms with van der Waals surface area (Å²) in [6.07, 6.45) is 0. The van der Waals surface area contributed by atoms with Gasteiger partial charge in [0.2, 0.25) is 10.0 Å². The fourth-order valence-corrected chi connectivity index (χ4v) is 6.83. The highest BCUT2D eigenvalue weighted by molar-refractivity contribution is 7.98. The number of nitrogens with one attached hydrogen (secondary N) is 1. The van der Waals surface area contributed by atoms with E-state index in [1.54, 1.807) is 34.9 Å². The summed E-state index contributed by atoms with van der Waals surface area (Å²) in [7, 11) is -3.76. The van der Waals surface area contributed by atoms with Gasteiger partial charge in [-0.25, -0.2) is 17.5 Å². The summed E-state index contributed by atoms with van der Waals surface area (Å²) in [5, 5.41) is 0.964. The average molecular weight is 558 g/mol. The fourth-order valence-electron chi connectivity index (χ4n) is 3.31. The number of sulfonamides is 1. The molecule has 5 nitrogen and oxygen atoms in total. The molecule has 1 heterocycles. The smallest absolute Gasteiger partial charge is 0.294 e. The molecule has 0 saturated heterocycles. The van der Waals surface area contributed by atoms with E-state index in [4.69, 9.17) is 23.2 Å². The van der Waals surface area contributed by atoms with E-state index in [-0.39, 0.29) is 22.1 Å². The Hall–Kier alpha value is -1.88. The lowest BCUT2D eigenvalue weighted by atomic mass is 10.2. The van der Waals surface area contributed by atoms with E-state index in [9.17, 15) is 17.6 Å². The number of fused-ring (bicyclic) bond motifs is 1. The van der Waals surface area contributed by atoms with Crippen LogP contribution in [-0.2, 0) is 22.3 Å². The van der Waals surface area contributed by atoms with Crippen LogP contribution >= 0.6 is 46.3 Å². The highest BCUT2D eigenvalue weighted by atomic mass is 35.5.